The molecular formula is C28H25N5O. The molecule has 0 radical (unpaired) electrons. The summed E-state index contributed by atoms with van der Waals surface area (Å²) in [7, 11) is 0. The Hall–Kier alpha value is -4.06. The van der Waals surface area contributed by atoms with Gasteiger partial charge < -0.3 is 10.3 Å². The SMILES string of the molecule is CC12C=C3C=CC(=N3)C=c3ccc([nH]3)=CC3=NC(c4cccnc4)(C=C3)C=C(N1)C(C)(C)C2=O. The number of fused-ring (bicyclic) bond motifs is 6. The van der Waals surface area contributed by atoms with E-state index in [0.717, 1.165) is 39.1 Å². The number of pyridine rings is 1. The minimum atomic E-state index is -0.887. The van der Waals surface area contributed by atoms with Gasteiger partial charge in [0.05, 0.1) is 22.5 Å². The summed E-state index contributed by atoms with van der Waals surface area (Å²) in [6.07, 6.45) is 19.6. The van der Waals surface area contributed by atoms with Crippen molar-refractivity contribution in [2.75, 3.05) is 0 Å². The van der Waals surface area contributed by atoms with Gasteiger partial charge in [-0.1, -0.05) is 6.07 Å². The number of aromatic nitrogens is 2. The Balaban J connectivity index is 1.63. The molecule has 2 aromatic rings. The lowest BCUT2D eigenvalue weighted by Gasteiger charge is -2.25. The summed E-state index contributed by atoms with van der Waals surface area (Å²) >= 11 is 0. The number of nitrogens with zero attached hydrogens (tertiary/aromatic N) is 3. The summed E-state index contributed by atoms with van der Waals surface area (Å²) in [4.78, 5) is 31.3. The molecule has 2 aromatic heterocycles. The second-order valence-corrected chi connectivity index (χ2v) is 9.87. The van der Waals surface area contributed by atoms with Gasteiger partial charge in [-0.2, -0.15) is 0 Å². The van der Waals surface area contributed by atoms with Crippen LogP contribution < -0.4 is 16.0 Å². The molecule has 6 nitrogen and oxygen atoms in total. The van der Waals surface area contributed by atoms with Crippen LogP contribution in [0.5, 0.6) is 0 Å². The number of hydrogen-bond acceptors (Lipinski definition) is 5. The zero-order valence-corrected chi connectivity index (χ0v) is 19.3. The topological polar surface area (TPSA) is 82.5 Å². The average molecular weight is 448 g/mol. The van der Waals surface area contributed by atoms with Gasteiger partial charge in [0.15, 0.2) is 5.78 Å². The van der Waals surface area contributed by atoms with Gasteiger partial charge in [0.2, 0.25) is 0 Å². The highest BCUT2D eigenvalue weighted by atomic mass is 16.1. The number of carbonyl (C=O) groups excluding carboxylic acids is 1. The molecule has 0 spiro atoms. The van der Waals surface area contributed by atoms with Crippen molar-refractivity contribution < 1.29 is 4.79 Å². The number of hydrogen-bond donors (Lipinski definition) is 2. The Morgan fingerprint density at radius 1 is 0.912 bits per heavy atom. The van der Waals surface area contributed by atoms with Crippen LogP contribution in [0.1, 0.15) is 26.3 Å². The van der Waals surface area contributed by atoms with Crippen LogP contribution >= 0.6 is 0 Å². The van der Waals surface area contributed by atoms with E-state index in [4.69, 9.17) is 9.98 Å². The third kappa shape index (κ3) is 3.17. The summed E-state index contributed by atoms with van der Waals surface area (Å²) in [6, 6.07) is 7.99. The van der Waals surface area contributed by atoms with Gasteiger partial charge in [-0.3, -0.25) is 14.8 Å². The zero-order valence-electron chi connectivity index (χ0n) is 19.3. The van der Waals surface area contributed by atoms with Gasteiger partial charge in [-0.05, 0) is 87.6 Å². The van der Waals surface area contributed by atoms with E-state index in [-0.39, 0.29) is 5.78 Å². The fourth-order valence-electron chi connectivity index (χ4n) is 5.08. The van der Waals surface area contributed by atoms with Crippen molar-refractivity contribution in [3.63, 3.8) is 0 Å². The smallest absolute Gasteiger partial charge is 0.173 e. The first-order valence-electron chi connectivity index (χ1n) is 11.4. The highest BCUT2D eigenvalue weighted by Gasteiger charge is 2.52. The van der Waals surface area contributed by atoms with Gasteiger partial charge in [-0.25, -0.2) is 4.99 Å². The zero-order chi connectivity index (χ0) is 23.6. The van der Waals surface area contributed by atoms with E-state index in [0.29, 0.717) is 0 Å². The molecule has 6 heterocycles. The Morgan fingerprint density at radius 2 is 1.71 bits per heavy atom. The molecule has 8 bridgehead atoms. The van der Waals surface area contributed by atoms with E-state index >= 15 is 0 Å². The van der Waals surface area contributed by atoms with Crippen LogP contribution in [0.3, 0.4) is 0 Å². The van der Waals surface area contributed by atoms with Crippen molar-refractivity contribution >= 4 is 29.4 Å². The van der Waals surface area contributed by atoms with E-state index in [1.54, 1.807) is 6.20 Å². The normalized spacial score (nSPS) is 28.4. The van der Waals surface area contributed by atoms with Crippen LogP contribution in [-0.4, -0.2) is 32.7 Å². The molecule has 4 aliphatic rings. The monoisotopic (exact) mass is 447 g/mol. The maximum Gasteiger partial charge on any atom is 0.173 e. The maximum absolute atomic E-state index is 13.7. The molecule has 1 fully saturated rings. The standard InChI is InChI=1S/C28H25N5O/c1-26(2)24-16-28(18-5-4-12-29-17-18)11-10-22(32-28)14-21-7-6-19(30-21)13-20-8-9-23(31-20)15-27(3,33-24)25(26)34/h4-17,30,33H,1-3H3. The largest absolute Gasteiger partial charge is 0.373 e. The third-order valence-electron chi connectivity index (χ3n) is 6.88. The van der Waals surface area contributed by atoms with Crippen molar-refractivity contribution in [2.24, 2.45) is 15.4 Å². The van der Waals surface area contributed by atoms with Gasteiger partial charge in [0.1, 0.15) is 11.1 Å². The molecule has 0 amide bonds. The van der Waals surface area contributed by atoms with Crippen molar-refractivity contribution in [3.05, 3.63) is 101 Å². The molecule has 168 valence electrons. The molecule has 0 saturated carbocycles. The van der Waals surface area contributed by atoms with Gasteiger partial charge in [0, 0.05) is 34.4 Å². The van der Waals surface area contributed by atoms with Crippen molar-refractivity contribution in [3.8, 4) is 0 Å². The molecule has 6 heteroatoms. The van der Waals surface area contributed by atoms with Gasteiger partial charge in [-0.15, -0.1) is 0 Å². The first-order chi connectivity index (χ1) is 16.3. The summed E-state index contributed by atoms with van der Waals surface area (Å²) < 4.78 is 0. The number of aromatic amines is 1. The first-order valence-corrected chi connectivity index (χ1v) is 11.4. The molecule has 0 aromatic carbocycles. The molecule has 4 aliphatic heterocycles. The first kappa shape index (κ1) is 20.5. The van der Waals surface area contributed by atoms with Crippen LogP contribution in [0, 0.1) is 5.41 Å². The number of aliphatic imine (C=N–C) groups is 2. The van der Waals surface area contributed by atoms with Crippen molar-refractivity contribution in [2.45, 2.75) is 31.8 Å². The predicted molar refractivity (Wildman–Crippen MR) is 135 cm³/mol. The Bertz CT molecular complexity index is 1530. The molecular weight excluding hydrogens is 422 g/mol. The predicted octanol–water partition coefficient (Wildman–Crippen LogP) is 2.63. The van der Waals surface area contributed by atoms with Crippen LogP contribution in [0.4, 0.5) is 0 Å². The maximum atomic E-state index is 13.7. The van der Waals surface area contributed by atoms with Crippen LogP contribution in [-0.2, 0) is 10.3 Å². The fraction of sp³-hybridized carbons (Fsp3) is 0.214. The molecule has 2 N–H and O–H groups in total. The average Bonchev–Trinajstić information content (AvgIpc) is 3.57. The fourth-order valence-corrected chi connectivity index (χ4v) is 5.08. The minimum absolute atomic E-state index is 0.0942. The van der Waals surface area contributed by atoms with E-state index < -0.39 is 16.5 Å². The van der Waals surface area contributed by atoms with Crippen molar-refractivity contribution in [1.29, 1.82) is 0 Å². The minimum Gasteiger partial charge on any atom is -0.373 e. The number of H-pyrrole nitrogens is 1. The lowest BCUT2D eigenvalue weighted by Crippen LogP contribution is -2.41. The Morgan fingerprint density at radius 3 is 2.47 bits per heavy atom. The van der Waals surface area contributed by atoms with Crippen LogP contribution in [0.2, 0.25) is 0 Å². The lowest BCUT2D eigenvalue weighted by molar-refractivity contribution is -0.126. The van der Waals surface area contributed by atoms with E-state index in [2.05, 4.69) is 27.4 Å². The number of nitrogens with one attached hydrogen (secondary N) is 2. The van der Waals surface area contributed by atoms with Gasteiger partial charge in [0.25, 0.3) is 0 Å². The van der Waals surface area contributed by atoms with Crippen LogP contribution in [0.25, 0.3) is 12.2 Å². The lowest BCUT2D eigenvalue weighted by atomic mass is 9.79. The quantitative estimate of drug-likeness (QED) is 0.705. The van der Waals surface area contributed by atoms with E-state index in [1.807, 2.05) is 87.7 Å². The molecule has 0 aliphatic carbocycles. The van der Waals surface area contributed by atoms with Crippen molar-refractivity contribution in [1.82, 2.24) is 15.3 Å². The number of carbonyl (C=O) groups is 1. The summed E-state index contributed by atoms with van der Waals surface area (Å²) in [5, 5.41) is 5.44. The summed E-state index contributed by atoms with van der Waals surface area (Å²) in [5.74, 6) is 0.0942. The highest BCUT2D eigenvalue weighted by molar-refractivity contribution is 6.20. The third-order valence-corrected chi connectivity index (χ3v) is 6.88. The molecule has 6 rings (SSSR count). The Kier molecular flexibility index (Phi) is 4.21. The van der Waals surface area contributed by atoms with Gasteiger partial charge >= 0.3 is 0 Å². The molecule has 34 heavy (non-hydrogen) atoms. The molecule has 1 saturated heterocycles. The Labute approximate surface area is 197 Å². The summed E-state index contributed by atoms with van der Waals surface area (Å²) in [6.45, 7) is 5.84. The second kappa shape index (κ2) is 6.97. The number of rotatable bonds is 1. The number of Topliss-reactive ketones (excluding diaryl/α,β-unsaturated/α-hetero) is 1. The second-order valence-electron chi connectivity index (χ2n) is 9.87. The van der Waals surface area contributed by atoms with E-state index in [1.165, 1.54) is 0 Å². The van der Waals surface area contributed by atoms with E-state index in [9.17, 15) is 4.79 Å². The summed E-state index contributed by atoms with van der Waals surface area (Å²) in [5.41, 5.74) is 1.84. The number of ketones is 1. The van der Waals surface area contributed by atoms with Crippen LogP contribution in [0.15, 0.2) is 94.5 Å². The number of allylic oxidation sites excluding steroid dienone is 4. The highest BCUT2D eigenvalue weighted by Crippen LogP contribution is 2.44. The molecule has 2 unspecified atom stereocenters. The molecule has 2 atom stereocenters.